The van der Waals surface area contributed by atoms with Crippen LogP contribution in [-0.4, -0.2) is 17.4 Å². The predicted molar refractivity (Wildman–Crippen MR) is 87.3 cm³/mol. The maximum absolute atomic E-state index is 12.1. The van der Waals surface area contributed by atoms with Gasteiger partial charge in [-0.25, -0.2) is 4.98 Å². The molecule has 0 fully saturated rings. The summed E-state index contributed by atoms with van der Waals surface area (Å²) in [6.07, 6.45) is 3.32. The van der Waals surface area contributed by atoms with Crippen LogP contribution in [0.4, 0.5) is 11.4 Å². The fourth-order valence-electron chi connectivity index (χ4n) is 1.61. The summed E-state index contributed by atoms with van der Waals surface area (Å²) in [4.78, 5) is 16.2. The molecule has 6 heteroatoms. The number of rotatable bonds is 5. The van der Waals surface area contributed by atoms with Crippen LogP contribution in [0.25, 0.3) is 0 Å². The van der Waals surface area contributed by atoms with E-state index < -0.39 is 0 Å². The summed E-state index contributed by atoms with van der Waals surface area (Å²) in [5.41, 5.74) is 1.55. The van der Waals surface area contributed by atoms with Crippen molar-refractivity contribution in [3.8, 4) is 0 Å². The van der Waals surface area contributed by atoms with Gasteiger partial charge in [-0.1, -0.05) is 35.3 Å². The first-order valence-electron chi connectivity index (χ1n) is 6.18. The van der Waals surface area contributed by atoms with Crippen LogP contribution in [0.3, 0.4) is 0 Å². The van der Waals surface area contributed by atoms with Crippen LogP contribution in [0.2, 0.25) is 10.0 Å². The van der Waals surface area contributed by atoms with Crippen molar-refractivity contribution in [3.63, 3.8) is 0 Å². The average Bonchev–Trinajstić information content (AvgIpc) is 2.50. The maximum Gasteiger partial charge on any atom is 0.274 e. The van der Waals surface area contributed by atoms with Gasteiger partial charge in [0.15, 0.2) is 0 Å². The maximum atomic E-state index is 12.1. The molecule has 1 aromatic heterocycles. The summed E-state index contributed by atoms with van der Waals surface area (Å²) in [6.45, 7) is 4.24. The number of hydrogen-bond acceptors (Lipinski definition) is 3. The van der Waals surface area contributed by atoms with E-state index in [1.807, 2.05) is 0 Å². The van der Waals surface area contributed by atoms with Gasteiger partial charge in [0.05, 0.1) is 27.6 Å². The molecule has 4 nitrogen and oxygen atoms in total. The zero-order chi connectivity index (χ0) is 15.2. The Balaban J connectivity index is 2.09. The molecular formula is C15H13Cl2N3O. The topological polar surface area (TPSA) is 54.0 Å². The molecule has 0 aliphatic heterocycles. The first-order valence-corrected chi connectivity index (χ1v) is 6.93. The zero-order valence-electron chi connectivity index (χ0n) is 11.1. The van der Waals surface area contributed by atoms with Crippen molar-refractivity contribution in [1.29, 1.82) is 0 Å². The standard InChI is InChI=1S/C15H13Cl2N3O/c1-2-8-18-10-6-7-13(19-9-10)15(21)20-12-5-3-4-11(16)14(12)17/h2-7,9,18H,1,8H2,(H,20,21). The summed E-state index contributed by atoms with van der Waals surface area (Å²) in [7, 11) is 0. The van der Waals surface area contributed by atoms with Gasteiger partial charge >= 0.3 is 0 Å². The molecule has 0 saturated heterocycles. The minimum Gasteiger partial charge on any atom is -0.380 e. The summed E-state index contributed by atoms with van der Waals surface area (Å²) in [5, 5.41) is 6.43. The second kappa shape index (κ2) is 7.11. The Morgan fingerprint density at radius 1 is 1.29 bits per heavy atom. The molecule has 0 spiro atoms. The first-order chi connectivity index (χ1) is 10.1. The normalized spacial score (nSPS) is 10.0. The minimum absolute atomic E-state index is 0.287. The number of anilines is 2. The summed E-state index contributed by atoms with van der Waals surface area (Å²) in [5.74, 6) is -0.352. The molecule has 2 aromatic rings. The number of nitrogens with zero attached hydrogens (tertiary/aromatic N) is 1. The number of amides is 1. The number of carbonyl (C=O) groups is 1. The van der Waals surface area contributed by atoms with Crippen LogP contribution < -0.4 is 10.6 Å². The number of benzene rings is 1. The Kier molecular flexibility index (Phi) is 5.20. The lowest BCUT2D eigenvalue weighted by Gasteiger charge is -2.08. The number of aromatic nitrogens is 1. The van der Waals surface area contributed by atoms with Crippen LogP contribution in [0, 0.1) is 0 Å². The molecule has 0 atom stereocenters. The highest BCUT2D eigenvalue weighted by atomic mass is 35.5. The summed E-state index contributed by atoms with van der Waals surface area (Å²) < 4.78 is 0. The fourth-order valence-corrected chi connectivity index (χ4v) is 1.96. The molecule has 2 rings (SSSR count). The van der Waals surface area contributed by atoms with Gasteiger partial charge in [0.1, 0.15) is 5.69 Å². The highest BCUT2D eigenvalue weighted by molar-refractivity contribution is 6.44. The lowest BCUT2D eigenvalue weighted by molar-refractivity contribution is 0.102. The molecule has 0 aliphatic carbocycles. The third-order valence-electron chi connectivity index (χ3n) is 2.65. The van der Waals surface area contributed by atoms with E-state index in [-0.39, 0.29) is 11.6 Å². The van der Waals surface area contributed by atoms with Gasteiger partial charge < -0.3 is 10.6 Å². The number of nitrogens with one attached hydrogen (secondary N) is 2. The van der Waals surface area contributed by atoms with E-state index >= 15 is 0 Å². The van der Waals surface area contributed by atoms with E-state index in [1.165, 1.54) is 0 Å². The highest BCUT2D eigenvalue weighted by Crippen LogP contribution is 2.29. The number of hydrogen-bond donors (Lipinski definition) is 2. The monoisotopic (exact) mass is 321 g/mol. The first kappa shape index (κ1) is 15.4. The van der Waals surface area contributed by atoms with Gasteiger partial charge in [0.25, 0.3) is 5.91 Å². The molecule has 2 N–H and O–H groups in total. The van der Waals surface area contributed by atoms with E-state index in [9.17, 15) is 4.79 Å². The molecule has 1 amide bonds. The zero-order valence-corrected chi connectivity index (χ0v) is 12.6. The van der Waals surface area contributed by atoms with Crippen LogP contribution in [0.15, 0.2) is 49.2 Å². The average molecular weight is 322 g/mol. The van der Waals surface area contributed by atoms with Crippen molar-refractivity contribution >= 4 is 40.5 Å². The van der Waals surface area contributed by atoms with E-state index in [0.29, 0.717) is 22.3 Å². The Labute approximate surface area is 132 Å². The van der Waals surface area contributed by atoms with Gasteiger partial charge in [0, 0.05) is 6.54 Å². The Bertz CT molecular complexity index is 656. The van der Waals surface area contributed by atoms with E-state index in [0.717, 1.165) is 5.69 Å². The number of halogens is 2. The van der Waals surface area contributed by atoms with Gasteiger partial charge in [-0.15, -0.1) is 6.58 Å². The molecule has 1 aromatic carbocycles. The van der Waals surface area contributed by atoms with E-state index in [4.69, 9.17) is 23.2 Å². The summed E-state index contributed by atoms with van der Waals surface area (Å²) in [6, 6.07) is 8.42. The predicted octanol–water partition coefficient (Wildman–Crippen LogP) is 4.24. The van der Waals surface area contributed by atoms with E-state index in [1.54, 1.807) is 42.6 Å². The Hall–Kier alpha value is -2.04. The third kappa shape index (κ3) is 3.97. The van der Waals surface area contributed by atoms with Crippen LogP contribution >= 0.6 is 23.2 Å². The Morgan fingerprint density at radius 2 is 2.10 bits per heavy atom. The van der Waals surface area contributed by atoms with Crippen molar-refractivity contribution in [2.75, 3.05) is 17.2 Å². The van der Waals surface area contributed by atoms with Crippen LogP contribution in [-0.2, 0) is 0 Å². The third-order valence-corrected chi connectivity index (χ3v) is 3.47. The fraction of sp³-hybridized carbons (Fsp3) is 0.0667. The SMILES string of the molecule is C=CCNc1ccc(C(=O)Nc2cccc(Cl)c2Cl)nc1. The molecule has 0 radical (unpaired) electrons. The molecule has 0 bridgehead atoms. The van der Waals surface area contributed by atoms with Gasteiger partial charge in [0.2, 0.25) is 0 Å². The van der Waals surface area contributed by atoms with Gasteiger partial charge in [-0.2, -0.15) is 0 Å². The molecule has 108 valence electrons. The molecule has 0 aliphatic rings. The Morgan fingerprint density at radius 3 is 2.76 bits per heavy atom. The molecule has 0 unspecified atom stereocenters. The van der Waals surface area contributed by atoms with Crippen LogP contribution in [0.5, 0.6) is 0 Å². The molecule has 0 saturated carbocycles. The number of carbonyl (C=O) groups excluding carboxylic acids is 1. The molecular weight excluding hydrogens is 309 g/mol. The van der Waals surface area contributed by atoms with Crippen molar-refractivity contribution < 1.29 is 4.79 Å². The second-order valence-corrected chi connectivity index (χ2v) is 4.94. The quantitative estimate of drug-likeness (QED) is 0.810. The smallest absolute Gasteiger partial charge is 0.274 e. The van der Waals surface area contributed by atoms with Crippen molar-refractivity contribution in [3.05, 3.63) is 64.9 Å². The number of pyridine rings is 1. The van der Waals surface area contributed by atoms with Crippen molar-refractivity contribution in [2.45, 2.75) is 0 Å². The highest BCUT2D eigenvalue weighted by Gasteiger charge is 2.11. The lowest BCUT2D eigenvalue weighted by Crippen LogP contribution is -2.14. The van der Waals surface area contributed by atoms with Crippen molar-refractivity contribution in [2.24, 2.45) is 0 Å². The lowest BCUT2D eigenvalue weighted by atomic mass is 10.2. The molecule has 21 heavy (non-hydrogen) atoms. The van der Waals surface area contributed by atoms with E-state index in [2.05, 4.69) is 22.2 Å². The summed E-state index contributed by atoms with van der Waals surface area (Å²) >= 11 is 11.9. The van der Waals surface area contributed by atoms with Crippen molar-refractivity contribution in [1.82, 2.24) is 4.98 Å². The molecule has 1 heterocycles. The largest absolute Gasteiger partial charge is 0.380 e. The van der Waals surface area contributed by atoms with Crippen LogP contribution in [0.1, 0.15) is 10.5 Å². The van der Waals surface area contributed by atoms with Gasteiger partial charge in [-0.05, 0) is 24.3 Å². The minimum atomic E-state index is -0.352. The van der Waals surface area contributed by atoms with Gasteiger partial charge in [-0.3, -0.25) is 4.79 Å². The second-order valence-electron chi connectivity index (χ2n) is 4.16.